The van der Waals surface area contributed by atoms with E-state index >= 15 is 0 Å². The van der Waals surface area contributed by atoms with Gasteiger partial charge in [-0.15, -0.1) is 0 Å². The van der Waals surface area contributed by atoms with E-state index in [-0.39, 0.29) is 25.0 Å². The number of aliphatic carboxylic acids is 7. The standard InChI is InChI=1S/C58H79N11O25/c1-29(2)24-40(69-57(92)41(26-30-6-4-3-5-7-30)62-43(72)28-60-42(71)27-61-50(85)33(59)25-31-8-10-32(70)11-9-31)56(91)67-37(15-21-47(79)80)54(89)65-35(13-19-45(75)76)52(87)63-34(12-18-44(73)74)51(86)64-36(14-20-46(77)78)53(88)66-38(16-22-48(81)82)55(90)68-39(58(93)94)17-23-49(83)84/h3-11,29,33-41,70H,12-28,59H2,1-2H3,(H,60,71)(H,61,85)(H,62,72)(H,63,87)(H,64,86)(H,65,89)(H,66,88)(H,67,91)(H,68,90)(H,69,92)(H,73,74)(H,75,76)(H,77,78)(H,79,80)(H,81,82)(H,83,84)(H,93,94)/t33-,34-,35-,36-,37-,38-,39-,40-,41-/m0/s1. The van der Waals surface area contributed by atoms with Crippen molar-refractivity contribution in [1.29, 1.82) is 0 Å². The third-order valence-corrected chi connectivity index (χ3v) is 13.5. The number of benzene rings is 2. The zero-order valence-electron chi connectivity index (χ0n) is 51.1. The Kier molecular flexibility index (Phi) is 34.4. The molecule has 94 heavy (non-hydrogen) atoms. The van der Waals surface area contributed by atoms with Crippen molar-refractivity contribution in [3.63, 3.8) is 0 Å². The molecule has 0 unspecified atom stereocenters. The second kappa shape index (κ2) is 40.8. The monoisotopic (exact) mass is 1330 g/mol. The summed E-state index contributed by atoms with van der Waals surface area (Å²) < 4.78 is 0. The van der Waals surface area contributed by atoms with E-state index < -0.39 is 251 Å². The van der Waals surface area contributed by atoms with Crippen molar-refractivity contribution in [1.82, 2.24) is 53.2 Å². The first-order chi connectivity index (χ1) is 44.1. The van der Waals surface area contributed by atoms with E-state index in [1.165, 1.54) is 12.1 Å². The van der Waals surface area contributed by atoms with Gasteiger partial charge in [-0.25, -0.2) is 4.79 Å². The Bertz CT molecular complexity index is 3040. The van der Waals surface area contributed by atoms with E-state index in [9.17, 15) is 117 Å². The number of carbonyl (C=O) groups is 17. The van der Waals surface area contributed by atoms with Crippen LogP contribution in [0.15, 0.2) is 54.6 Å². The van der Waals surface area contributed by atoms with Crippen LogP contribution in [-0.4, -0.2) is 209 Å². The molecule has 0 radical (unpaired) electrons. The molecule has 0 bridgehead atoms. The predicted molar refractivity (Wildman–Crippen MR) is 320 cm³/mol. The number of aromatic hydroxyl groups is 1. The lowest BCUT2D eigenvalue weighted by atomic mass is 10.00. The summed E-state index contributed by atoms with van der Waals surface area (Å²) >= 11 is 0. The highest BCUT2D eigenvalue weighted by Crippen LogP contribution is 2.14. The first kappa shape index (κ1) is 79.3. The minimum atomic E-state index is -2.06. The number of hydrogen-bond acceptors (Lipinski definition) is 19. The fourth-order valence-electron chi connectivity index (χ4n) is 8.64. The van der Waals surface area contributed by atoms with Crippen LogP contribution in [0.5, 0.6) is 5.75 Å². The van der Waals surface area contributed by atoms with Crippen LogP contribution in [0.1, 0.15) is 108 Å². The number of amides is 10. The lowest BCUT2D eigenvalue weighted by Gasteiger charge is -2.28. The summed E-state index contributed by atoms with van der Waals surface area (Å²) in [6.07, 6.45) is -10.2. The fraction of sp³-hybridized carbons (Fsp3) is 0.500. The average Bonchev–Trinajstić information content (AvgIpc) is 0.937. The number of phenols is 1. The lowest BCUT2D eigenvalue weighted by Crippen LogP contribution is -2.60. The van der Waals surface area contributed by atoms with Crippen LogP contribution in [0.4, 0.5) is 0 Å². The number of carboxylic acids is 7. The van der Waals surface area contributed by atoms with Gasteiger partial charge in [-0.3, -0.25) is 76.7 Å². The van der Waals surface area contributed by atoms with Crippen LogP contribution in [-0.2, 0) is 94.3 Å². The van der Waals surface area contributed by atoms with E-state index in [0.717, 1.165) is 0 Å². The molecule has 0 aliphatic heterocycles. The first-order valence-electron chi connectivity index (χ1n) is 29.2. The number of nitrogens with one attached hydrogen (secondary N) is 10. The van der Waals surface area contributed by atoms with E-state index in [1.54, 1.807) is 56.3 Å². The molecule has 2 rings (SSSR count). The second-order valence-electron chi connectivity index (χ2n) is 21.8. The summed E-state index contributed by atoms with van der Waals surface area (Å²) in [5, 5.41) is 98.1. The molecule has 0 aliphatic rings. The third-order valence-electron chi connectivity index (χ3n) is 13.5. The highest BCUT2D eigenvalue weighted by molar-refractivity contribution is 5.99. The molecular formula is C58H79N11O25. The molecule has 20 N–H and O–H groups in total. The van der Waals surface area contributed by atoms with Crippen LogP contribution in [0, 0.1) is 5.92 Å². The molecule has 0 saturated carbocycles. The van der Waals surface area contributed by atoms with Gasteiger partial charge in [0.05, 0.1) is 19.1 Å². The maximum absolute atomic E-state index is 14.2. The molecule has 36 nitrogen and oxygen atoms in total. The summed E-state index contributed by atoms with van der Waals surface area (Å²) in [7, 11) is 0. The molecule has 2 aromatic rings. The van der Waals surface area contributed by atoms with Crippen molar-refractivity contribution in [2.75, 3.05) is 13.1 Å². The molecule has 2 aromatic carbocycles. The number of carboxylic acid groups (broad SMARTS) is 7. The predicted octanol–water partition coefficient (Wildman–Crippen LogP) is -4.07. The largest absolute Gasteiger partial charge is 0.508 e. The summed E-state index contributed by atoms with van der Waals surface area (Å²) in [5.41, 5.74) is 7.08. The second-order valence-corrected chi connectivity index (χ2v) is 21.8. The molecule has 0 aliphatic carbocycles. The van der Waals surface area contributed by atoms with Gasteiger partial charge in [0, 0.05) is 44.9 Å². The van der Waals surface area contributed by atoms with Crippen molar-refractivity contribution in [2.45, 2.75) is 165 Å². The van der Waals surface area contributed by atoms with Gasteiger partial charge in [-0.05, 0) is 80.5 Å². The normalized spacial score (nSPS) is 13.7. The molecule has 0 aromatic heterocycles. The molecular weight excluding hydrogens is 1250 g/mol. The van der Waals surface area contributed by atoms with E-state index in [1.807, 2.05) is 5.32 Å². The quantitative estimate of drug-likeness (QED) is 0.0300. The Morgan fingerprint density at radius 3 is 1.01 bits per heavy atom. The van der Waals surface area contributed by atoms with Crippen molar-refractivity contribution < 1.29 is 122 Å². The topological polar surface area (TPSA) is 598 Å². The Labute approximate surface area is 535 Å². The minimum Gasteiger partial charge on any atom is -0.508 e. The van der Waals surface area contributed by atoms with Crippen LogP contribution in [0.3, 0.4) is 0 Å². The Hall–Kier alpha value is -10.8. The Balaban J connectivity index is 2.44. The zero-order chi connectivity index (χ0) is 70.8. The number of phenolic OH excluding ortho intramolecular Hbond substituents is 1. The highest BCUT2D eigenvalue weighted by atomic mass is 16.4. The molecule has 9 atom stereocenters. The van der Waals surface area contributed by atoms with Gasteiger partial charge in [-0.2, -0.15) is 0 Å². The van der Waals surface area contributed by atoms with Crippen molar-refractivity contribution in [3.8, 4) is 5.75 Å². The molecule has 0 heterocycles. The molecule has 10 amide bonds. The number of rotatable bonds is 45. The third kappa shape index (κ3) is 32.3. The van der Waals surface area contributed by atoms with Crippen molar-refractivity contribution >= 4 is 101 Å². The van der Waals surface area contributed by atoms with Gasteiger partial charge in [0.15, 0.2) is 0 Å². The molecule has 0 saturated heterocycles. The van der Waals surface area contributed by atoms with Crippen LogP contribution in [0.25, 0.3) is 0 Å². The Morgan fingerprint density at radius 1 is 0.351 bits per heavy atom. The Morgan fingerprint density at radius 2 is 0.660 bits per heavy atom. The minimum absolute atomic E-state index is 0.00323. The van der Waals surface area contributed by atoms with Crippen molar-refractivity contribution in [3.05, 3.63) is 65.7 Å². The highest BCUT2D eigenvalue weighted by Gasteiger charge is 2.36. The van der Waals surface area contributed by atoms with Gasteiger partial charge >= 0.3 is 41.8 Å². The lowest BCUT2D eigenvalue weighted by molar-refractivity contribution is -0.144. The van der Waals surface area contributed by atoms with Gasteiger partial charge < -0.3 is 99.8 Å². The average molecular weight is 1330 g/mol. The number of nitrogens with two attached hydrogens (primary N) is 1. The van der Waals surface area contributed by atoms with E-state index in [0.29, 0.717) is 11.1 Å². The summed E-state index contributed by atoms with van der Waals surface area (Å²) in [6, 6.07) is -1.95. The fourth-order valence-corrected chi connectivity index (χ4v) is 8.64. The molecule has 36 heteroatoms. The van der Waals surface area contributed by atoms with Gasteiger partial charge in [-0.1, -0.05) is 56.3 Å². The SMILES string of the molecule is CC(C)C[C@H](NC(=O)[C@H](Cc1ccccc1)NC(=O)CNC(=O)CNC(=O)[C@@H](N)Cc1ccc(O)cc1)C(=O)N[C@@H](CCC(=O)O)C(=O)N[C@@H](CCC(=O)O)C(=O)N[C@@H](CCC(=O)O)C(=O)N[C@@H](CCC(=O)O)C(=O)N[C@@H](CCC(=O)O)C(=O)N[C@@H](CCC(=O)O)C(=O)O. The van der Waals surface area contributed by atoms with Crippen LogP contribution < -0.4 is 58.9 Å². The van der Waals surface area contributed by atoms with E-state index in [4.69, 9.17) is 10.8 Å². The first-order valence-corrected chi connectivity index (χ1v) is 29.2. The molecule has 0 fully saturated rings. The van der Waals surface area contributed by atoms with E-state index in [2.05, 4.69) is 47.9 Å². The summed E-state index contributed by atoms with van der Waals surface area (Å²) in [5.74, 6) is -22.9. The van der Waals surface area contributed by atoms with Crippen LogP contribution >= 0.6 is 0 Å². The molecule has 516 valence electrons. The van der Waals surface area contributed by atoms with Gasteiger partial charge in [0.25, 0.3) is 0 Å². The van der Waals surface area contributed by atoms with Crippen molar-refractivity contribution in [2.24, 2.45) is 11.7 Å². The summed E-state index contributed by atoms with van der Waals surface area (Å²) in [6.45, 7) is 1.95. The maximum atomic E-state index is 14.2. The van der Waals surface area contributed by atoms with Gasteiger partial charge in [0.2, 0.25) is 59.1 Å². The maximum Gasteiger partial charge on any atom is 0.326 e. The summed E-state index contributed by atoms with van der Waals surface area (Å²) in [4.78, 5) is 218. The smallest absolute Gasteiger partial charge is 0.326 e. The molecule has 0 spiro atoms. The number of hydrogen-bond donors (Lipinski definition) is 19. The number of carbonyl (C=O) groups excluding carboxylic acids is 10. The van der Waals surface area contributed by atoms with Gasteiger partial charge in [0.1, 0.15) is 54.1 Å². The zero-order valence-corrected chi connectivity index (χ0v) is 51.1. The van der Waals surface area contributed by atoms with Crippen LogP contribution in [0.2, 0.25) is 0 Å².